The fraction of sp³-hybridized carbons (Fsp3) is 0.417. The van der Waals surface area contributed by atoms with Crippen LogP contribution in [0.3, 0.4) is 0 Å². The van der Waals surface area contributed by atoms with Gasteiger partial charge in [-0.25, -0.2) is 4.98 Å². The van der Waals surface area contributed by atoms with Gasteiger partial charge in [-0.15, -0.1) is 0 Å². The molecule has 0 N–H and O–H groups in total. The Morgan fingerprint density at radius 3 is 2.67 bits per heavy atom. The highest BCUT2D eigenvalue weighted by Crippen LogP contribution is 2.22. The number of nitrogens with zero attached hydrogens (tertiary/aromatic N) is 2. The van der Waals surface area contributed by atoms with Gasteiger partial charge in [0.05, 0.1) is 17.4 Å². The number of aromatic nitrogens is 2. The van der Waals surface area contributed by atoms with E-state index in [0.717, 1.165) is 16.8 Å². The first kappa shape index (κ1) is 10.0. The molecule has 0 aliphatic carbocycles. The summed E-state index contributed by atoms with van der Waals surface area (Å²) in [4.78, 5) is 4.26. The topological polar surface area (TPSA) is 27.1 Å². The molecule has 3 nitrogen and oxygen atoms in total. The molecule has 3 heteroatoms. The maximum atomic E-state index is 5.79. The summed E-state index contributed by atoms with van der Waals surface area (Å²) in [5.41, 5.74) is 1.93. The van der Waals surface area contributed by atoms with E-state index in [9.17, 15) is 0 Å². The van der Waals surface area contributed by atoms with Crippen molar-refractivity contribution in [2.75, 3.05) is 0 Å². The van der Waals surface area contributed by atoms with Crippen molar-refractivity contribution in [3.8, 4) is 5.75 Å². The summed E-state index contributed by atoms with van der Waals surface area (Å²) in [6, 6.07) is 5.96. The Morgan fingerprint density at radius 1 is 1.27 bits per heavy atom. The number of hydrogen-bond donors (Lipinski definition) is 0. The molecule has 0 saturated carbocycles. The van der Waals surface area contributed by atoms with Crippen molar-refractivity contribution >= 4 is 11.0 Å². The number of rotatable bonds is 1. The molecule has 1 heterocycles. The van der Waals surface area contributed by atoms with E-state index in [-0.39, 0.29) is 5.60 Å². The van der Waals surface area contributed by atoms with Gasteiger partial charge in [-0.2, -0.15) is 0 Å². The van der Waals surface area contributed by atoms with Gasteiger partial charge >= 0.3 is 0 Å². The quantitative estimate of drug-likeness (QED) is 0.714. The Hall–Kier alpha value is -1.51. The number of hydrogen-bond acceptors (Lipinski definition) is 2. The Kier molecular flexibility index (Phi) is 2.18. The van der Waals surface area contributed by atoms with Crippen LogP contribution in [0, 0.1) is 0 Å². The summed E-state index contributed by atoms with van der Waals surface area (Å²) in [5.74, 6) is 0.888. The molecule has 0 aliphatic heterocycles. The zero-order valence-corrected chi connectivity index (χ0v) is 9.61. The van der Waals surface area contributed by atoms with Crippen molar-refractivity contribution in [1.29, 1.82) is 0 Å². The molecule has 0 spiro atoms. The second kappa shape index (κ2) is 3.26. The normalized spacial score (nSPS) is 12.0. The van der Waals surface area contributed by atoms with E-state index in [0.29, 0.717) is 0 Å². The van der Waals surface area contributed by atoms with E-state index >= 15 is 0 Å². The van der Waals surface area contributed by atoms with Gasteiger partial charge in [-0.1, -0.05) is 0 Å². The first-order valence-electron chi connectivity index (χ1n) is 5.06. The van der Waals surface area contributed by atoms with Crippen LogP contribution in [0.5, 0.6) is 5.75 Å². The Balaban J connectivity index is 2.42. The van der Waals surface area contributed by atoms with Crippen molar-refractivity contribution in [2.45, 2.75) is 26.4 Å². The van der Waals surface area contributed by atoms with E-state index in [1.54, 1.807) is 0 Å². The Morgan fingerprint density at radius 2 is 2.00 bits per heavy atom. The lowest BCUT2D eigenvalue weighted by molar-refractivity contribution is 0.131. The summed E-state index contributed by atoms with van der Waals surface area (Å²) >= 11 is 0. The number of ether oxygens (including phenoxy) is 1. The largest absolute Gasteiger partial charge is 0.488 e. The first-order chi connectivity index (χ1) is 6.96. The second-order valence-corrected chi connectivity index (χ2v) is 4.72. The van der Waals surface area contributed by atoms with Gasteiger partial charge in [0.25, 0.3) is 0 Å². The molecule has 2 aromatic rings. The third kappa shape index (κ3) is 2.12. The Bertz CT molecular complexity index is 480. The molecule has 1 aromatic carbocycles. The van der Waals surface area contributed by atoms with Crippen LogP contribution in [-0.4, -0.2) is 15.2 Å². The molecule has 0 atom stereocenters. The lowest BCUT2D eigenvalue weighted by Gasteiger charge is -2.21. The molecule has 2 rings (SSSR count). The predicted octanol–water partition coefficient (Wildman–Crippen LogP) is 2.75. The molecule has 0 amide bonds. The van der Waals surface area contributed by atoms with E-state index < -0.39 is 0 Å². The van der Waals surface area contributed by atoms with Gasteiger partial charge in [0, 0.05) is 13.1 Å². The molecule has 0 unspecified atom stereocenters. The maximum Gasteiger partial charge on any atom is 0.122 e. The van der Waals surface area contributed by atoms with E-state index in [1.807, 2.05) is 56.9 Å². The molecule has 0 radical (unpaired) electrons. The van der Waals surface area contributed by atoms with E-state index in [1.165, 1.54) is 0 Å². The number of benzene rings is 1. The minimum absolute atomic E-state index is 0.160. The smallest absolute Gasteiger partial charge is 0.122 e. The van der Waals surface area contributed by atoms with Crippen LogP contribution >= 0.6 is 0 Å². The van der Waals surface area contributed by atoms with Crippen LogP contribution in [0.4, 0.5) is 0 Å². The van der Waals surface area contributed by atoms with Crippen LogP contribution in [0.15, 0.2) is 24.5 Å². The maximum absolute atomic E-state index is 5.79. The average Bonchev–Trinajstić information content (AvgIpc) is 2.45. The van der Waals surface area contributed by atoms with Crippen molar-refractivity contribution in [3.05, 3.63) is 24.5 Å². The van der Waals surface area contributed by atoms with Gasteiger partial charge in [0.2, 0.25) is 0 Å². The summed E-state index contributed by atoms with van der Waals surface area (Å²) in [6.07, 6.45) is 1.81. The average molecular weight is 204 g/mol. The molecular weight excluding hydrogens is 188 g/mol. The fourth-order valence-corrected chi connectivity index (χ4v) is 1.52. The van der Waals surface area contributed by atoms with Crippen molar-refractivity contribution in [1.82, 2.24) is 9.55 Å². The second-order valence-electron chi connectivity index (χ2n) is 4.72. The first-order valence-corrected chi connectivity index (χ1v) is 5.06. The number of fused-ring (bicyclic) bond motifs is 1. The van der Waals surface area contributed by atoms with Gasteiger partial charge in [-0.05, 0) is 32.9 Å². The molecule has 0 fully saturated rings. The van der Waals surface area contributed by atoms with Gasteiger partial charge < -0.3 is 9.30 Å². The third-order valence-electron chi connectivity index (χ3n) is 2.12. The van der Waals surface area contributed by atoms with E-state index in [4.69, 9.17) is 4.74 Å². The SMILES string of the molecule is Cn1cnc2ccc(OC(C)(C)C)cc21. The highest BCUT2D eigenvalue weighted by molar-refractivity contribution is 5.76. The van der Waals surface area contributed by atoms with Crippen LogP contribution in [0.2, 0.25) is 0 Å². The molecule has 80 valence electrons. The standard InChI is InChI=1S/C12H16N2O/c1-12(2,3)15-9-5-6-10-11(7-9)14(4)8-13-10/h5-8H,1-4H3. The highest BCUT2D eigenvalue weighted by Gasteiger charge is 2.12. The van der Waals surface area contributed by atoms with Gasteiger partial charge in [-0.3, -0.25) is 0 Å². The Labute approximate surface area is 89.7 Å². The lowest BCUT2D eigenvalue weighted by Crippen LogP contribution is -2.22. The lowest BCUT2D eigenvalue weighted by atomic mass is 10.2. The summed E-state index contributed by atoms with van der Waals surface area (Å²) < 4.78 is 7.78. The molecule has 0 saturated heterocycles. The van der Waals surface area contributed by atoms with Crippen LogP contribution in [0.1, 0.15) is 20.8 Å². The molecule has 15 heavy (non-hydrogen) atoms. The summed E-state index contributed by atoms with van der Waals surface area (Å²) in [5, 5.41) is 0. The van der Waals surface area contributed by atoms with Crippen LogP contribution in [-0.2, 0) is 7.05 Å². The van der Waals surface area contributed by atoms with Gasteiger partial charge in [0.1, 0.15) is 11.4 Å². The minimum atomic E-state index is -0.160. The van der Waals surface area contributed by atoms with Crippen LogP contribution < -0.4 is 4.74 Å². The van der Waals surface area contributed by atoms with Crippen molar-refractivity contribution in [2.24, 2.45) is 7.05 Å². The van der Waals surface area contributed by atoms with Crippen molar-refractivity contribution in [3.63, 3.8) is 0 Å². The molecule has 0 bridgehead atoms. The zero-order valence-electron chi connectivity index (χ0n) is 9.61. The highest BCUT2D eigenvalue weighted by atomic mass is 16.5. The van der Waals surface area contributed by atoms with Crippen molar-refractivity contribution < 1.29 is 4.74 Å². The molecule has 1 aromatic heterocycles. The number of aryl methyl sites for hydroxylation is 1. The summed E-state index contributed by atoms with van der Waals surface area (Å²) in [7, 11) is 1.98. The fourth-order valence-electron chi connectivity index (χ4n) is 1.52. The monoisotopic (exact) mass is 204 g/mol. The van der Waals surface area contributed by atoms with E-state index in [2.05, 4.69) is 4.98 Å². The zero-order chi connectivity index (χ0) is 11.1. The van der Waals surface area contributed by atoms with Gasteiger partial charge in [0.15, 0.2) is 0 Å². The molecular formula is C12H16N2O. The van der Waals surface area contributed by atoms with Crippen LogP contribution in [0.25, 0.3) is 11.0 Å². The molecule has 0 aliphatic rings. The summed E-state index contributed by atoms with van der Waals surface area (Å²) in [6.45, 7) is 6.13. The predicted molar refractivity (Wildman–Crippen MR) is 61.1 cm³/mol. The third-order valence-corrected chi connectivity index (χ3v) is 2.12. The number of imidazole rings is 1. The minimum Gasteiger partial charge on any atom is -0.488 e.